The summed E-state index contributed by atoms with van der Waals surface area (Å²) in [6, 6.07) is 10.4. The van der Waals surface area contributed by atoms with E-state index in [1.165, 1.54) is 10.5 Å². The van der Waals surface area contributed by atoms with Gasteiger partial charge in [-0.05, 0) is 43.0 Å². The van der Waals surface area contributed by atoms with Gasteiger partial charge in [0.25, 0.3) is 5.91 Å². The molecule has 0 bridgehead atoms. The Morgan fingerprint density at radius 3 is 2.62 bits per heavy atom. The Kier molecular flexibility index (Phi) is 5.68. The number of piperidine rings is 1. The fourth-order valence-electron chi connectivity index (χ4n) is 3.51. The van der Waals surface area contributed by atoms with Crippen LogP contribution >= 0.6 is 0 Å². The molecule has 1 N–H and O–H groups in total. The van der Waals surface area contributed by atoms with Gasteiger partial charge in [0.2, 0.25) is 16.1 Å². The summed E-state index contributed by atoms with van der Waals surface area (Å²) in [4.78, 5) is 16.5. The van der Waals surface area contributed by atoms with Crippen molar-refractivity contribution in [2.45, 2.75) is 23.8 Å². The number of nitrogens with zero attached hydrogens (tertiary/aromatic N) is 2. The summed E-state index contributed by atoms with van der Waals surface area (Å²) in [7, 11) is -3.52. The van der Waals surface area contributed by atoms with Gasteiger partial charge < -0.3 is 14.8 Å². The third-order valence-electron chi connectivity index (χ3n) is 5.21. The Hall–Kier alpha value is -2.65. The summed E-state index contributed by atoms with van der Waals surface area (Å²) in [5, 5.41) is 2.92. The number of hydrogen-bond acceptors (Lipinski definition) is 6. The number of amides is 1. The molecule has 8 nitrogen and oxygen atoms in total. The van der Waals surface area contributed by atoms with Crippen molar-refractivity contribution >= 4 is 15.9 Å². The Balaban J connectivity index is 1.26. The van der Waals surface area contributed by atoms with Crippen LogP contribution in [0.3, 0.4) is 0 Å². The van der Waals surface area contributed by atoms with Gasteiger partial charge in [0.05, 0.1) is 0 Å². The van der Waals surface area contributed by atoms with Crippen LogP contribution in [0.15, 0.2) is 53.7 Å². The minimum Gasteiger partial charge on any atom is -0.485 e. The summed E-state index contributed by atoms with van der Waals surface area (Å²) >= 11 is 0. The number of carbonyl (C=O) groups excluding carboxylic acids is 1. The summed E-state index contributed by atoms with van der Waals surface area (Å²) in [6.45, 7) is 1.51. The number of fused-ring (bicyclic) bond motifs is 1. The van der Waals surface area contributed by atoms with E-state index in [1.54, 1.807) is 30.5 Å². The number of rotatable bonds is 5. The average molecular weight is 417 g/mol. The third-order valence-corrected chi connectivity index (χ3v) is 7.09. The molecule has 3 heterocycles. The number of nitrogens with one attached hydrogen (secondary N) is 1. The monoisotopic (exact) mass is 417 g/mol. The van der Waals surface area contributed by atoms with Crippen molar-refractivity contribution in [2.75, 3.05) is 26.2 Å². The minimum absolute atomic E-state index is 0.171. The molecule has 1 amide bonds. The zero-order chi connectivity index (χ0) is 20.3. The Morgan fingerprint density at radius 1 is 1.14 bits per heavy atom. The predicted molar refractivity (Wildman–Crippen MR) is 105 cm³/mol. The zero-order valence-corrected chi connectivity index (χ0v) is 16.7. The fraction of sp³-hybridized carbons (Fsp3) is 0.400. The molecule has 0 saturated carbocycles. The van der Waals surface area contributed by atoms with Gasteiger partial charge in [-0.25, -0.2) is 8.42 Å². The molecule has 1 fully saturated rings. The van der Waals surface area contributed by atoms with Crippen molar-refractivity contribution in [1.82, 2.24) is 14.6 Å². The van der Waals surface area contributed by atoms with E-state index < -0.39 is 16.1 Å². The first kappa shape index (κ1) is 19.7. The van der Waals surface area contributed by atoms with Gasteiger partial charge in [-0.1, -0.05) is 12.1 Å². The van der Waals surface area contributed by atoms with E-state index in [9.17, 15) is 13.2 Å². The molecular weight excluding hydrogens is 394 g/mol. The van der Waals surface area contributed by atoms with Gasteiger partial charge in [-0.3, -0.25) is 9.78 Å². The molecule has 1 aromatic heterocycles. The van der Waals surface area contributed by atoms with Gasteiger partial charge in [-0.15, -0.1) is 0 Å². The van der Waals surface area contributed by atoms with E-state index in [4.69, 9.17) is 9.47 Å². The number of ether oxygens (including phenoxy) is 2. The van der Waals surface area contributed by atoms with Crippen molar-refractivity contribution in [3.63, 3.8) is 0 Å². The molecule has 9 heteroatoms. The van der Waals surface area contributed by atoms with Crippen molar-refractivity contribution in [3.8, 4) is 11.5 Å². The largest absolute Gasteiger partial charge is 0.485 e. The lowest BCUT2D eigenvalue weighted by Gasteiger charge is -2.31. The second-order valence-corrected chi connectivity index (χ2v) is 9.08. The number of carbonyl (C=O) groups is 1. The summed E-state index contributed by atoms with van der Waals surface area (Å²) in [5.41, 5.74) is 0. The highest BCUT2D eigenvalue weighted by Gasteiger charge is 2.31. The van der Waals surface area contributed by atoms with Gasteiger partial charge in [-0.2, -0.15) is 4.31 Å². The Bertz CT molecular complexity index is 959. The quantitative estimate of drug-likeness (QED) is 0.791. The van der Waals surface area contributed by atoms with E-state index >= 15 is 0 Å². The maximum absolute atomic E-state index is 12.7. The maximum atomic E-state index is 12.7. The molecule has 29 heavy (non-hydrogen) atoms. The average Bonchev–Trinajstić information content (AvgIpc) is 2.78. The lowest BCUT2D eigenvalue weighted by Crippen LogP contribution is -2.47. The summed E-state index contributed by atoms with van der Waals surface area (Å²) in [5.74, 6) is 1.20. The van der Waals surface area contributed by atoms with Gasteiger partial charge in [0.15, 0.2) is 11.5 Å². The molecule has 0 radical (unpaired) electrons. The summed E-state index contributed by atoms with van der Waals surface area (Å²) in [6.07, 6.45) is 3.60. The maximum Gasteiger partial charge on any atom is 0.264 e. The van der Waals surface area contributed by atoms with Gasteiger partial charge >= 0.3 is 0 Å². The third kappa shape index (κ3) is 4.35. The van der Waals surface area contributed by atoms with Crippen LogP contribution in [-0.2, 0) is 14.8 Å². The molecule has 1 atom stereocenters. The molecule has 0 aliphatic carbocycles. The molecular formula is C20H23N3O5S. The van der Waals surface area contributed by atoms with E-state index in [1.807, 2.05) is 12.1 Å². The van der Waals surface area contributed by atoms with Crippen molar-refractivity contribution < 1.29 is 22.7 Å². The van der Waals surface area contributed by atoms with Crippen LogP contribution < -0.4 is 14.8 Å². The van der Waals surface area contributed by atoms with Crippen LogP contribution in [0.4, 0.5) is 0 Å². The van der Waals surface area contributed by atoms with Gasteiger partial charge in [0, 0.05) is 32.0 Å². The second-order valence-electron chi connectivity index (χ2n) is 7.15. The number of para-hydroxylation sites is 2. The predicted octanol–water partition coefficient (Wildman–Crippen LogP) is 1.44. The number of sulfonamides is 1. The second kappa shape index (κ2) is 8.38. The molecule has 2 aliphatic heterocycles. The smallest absolute Gasteiger partial charge is 0.264 e. The lowest BCUT2D eigenvalue weighted by molar-refractivity contribution is -0.130. The lowest BCUT2D eigenvalue weighted by atomic mass is 9.98. The number of benzene rings is 1. The molecule has 4 rings (SSSR count). The van der Waals surface area contributed by atoms with Gasteiger partial charge in [0.1, 0.15) is 11.5 Å². The standard InChI is InChI=1S/C20H23N3O5S/c24-20(19-14-27-17-5-1-2-6-18(17)28-19)22-12-15-7-10-23(11-8-15)29(25,26)16-4-3-9-21-13-16/h1-6,9,13,15,19H,7-8,10-12,14H2,(H,22,24)/t19-/m1/s1. The van der Waals surface area contributed by atoms with E-state index in [-0.39, 0.29) is 23.3 Å². The van der Waals surface area contributed by atoms with Crippen molar-refractivity contribution in [3.05, 3.63) is 48.8 Å². The van der Waals surface area contributed by atoms with Crippen LogP contribution in [0, 0.1) is 5.92 Å². The highest BCUT2D eigenvalue weighted by molar-refractivity contribution is 7.89. The minimum atomic E-state index is -3.52. The van der Waals surface area contributed by atoms with Crippen LogP contribution in [0.1, 0.15) is 12.8 Å². The molecule has 1 saturated heterocycles. The molecule has 1 aromatic carbocycles. The van der Waals surface area contributed by atoms with Crippen LogP contribution in [0.2, 0.25) is 0 Å². The normalized spacial score (nSPS) is 20.2. The molecule has 0 spiro atoms. The Morgan fingerprint density at radius 2 is 1.90 bits per heavy atom. The first-order valence-corrected chi connectivity index (χ1v) is 11.0. The Labute approximate surface area is 169 Å². The van der Waals surface area contributed by atoms with Crippen molar-refractivity contribution in [2.24, 2.45) is 5.92 Å². The molecule has 0 unspecified atom stereocenters. The number of hydrogen-bond donors (Lipinski definition) is 1. The summed E-state index contributed by atoms with van der Waals surface area (Å²) < 4.78 is 38.1. The number of aromatic nitrogens is 1. The highest BCUT2D eigenvalue weighted by Crippen LogP contribution is 2.31. The molecule has 2 aliphatic rings. The molecule has 154 valence electrons. The van der Waals surface area contributed by atoms with E-state index in [0.717, 1.165) is 0 Å². The number of pyridine rings is 1. The van der Waals surface area contributed by atoms with Crippen LogP contribution in [-0.4, -0.2) is 56.0 Å². The fourth-order valence-corrected chi connectivity index (χ4v) is 4.94. The van der Waals surface area contributed by atoms with E-state index in [0.29, 0.717) is 44.0 Å². The highest BCUT2D eigenvalue weighted by atomic mass is 32.2. The van der Waals surface area contributed by atoms with Crippen molar-refractivity contribution in [1.29, 1.82) is 0 Å². The first-order valence-electron chi connectivity index (χ1n) is 9.60. The van der Waals surface area contributed by atoms with E-state index in [2.05, 4.69) is 10.3 Å². The molecule has 2 aromatic rings. The van der Waals surface area contributed by atoms with Crippen LogP contribution in [0.5, 0.6) is 11.5 Å². The van der Waals surface area contributed by atoms with Crippen LogP contribution in [0.25, 0.3) is 0 Å². The zero-order valence-electron chi connectivity index (χ0n) is 15.9. The topological polar surface area (TPSA) is 97.8 Å². The SMILES string of the molecule is O=C(NCC1CCN(S(=O)(=O)c2cccnc2)CC1)[C@H]1COc2ccccc2O1. The first-order chi connectivity index (χ1) is 14.0.